The number of likely N-dealkylation sites (tertiary alicyclic amines) is 1. The maximum atomic E-state index is 10.4. The quantitative estimate of drug-likeness (QED) is 0.907. The maximum absolute atomic E-state index is 10.4. The SMILES string of the molecule is Cc1ncc2c(n1)CN(CC(O)CN1CCC(C)CC1)CC2. The Labute approximate surface area is 133 Å². The van der Waals surface area contributed by atoms with E-state index in [1.807, 2.05) is 13.1 Å². The first-order valence-corrected chi connectivity index (χ1v) is 8.54. The van der Waals surface area contributed by atoms with E-state index in [1.165, 1.54) is 18.4 Å². The van der Waals surface area contributed by atoms with E-state index in [-0.39, 0.29) is 6.10 Å². The van der Waals surface area contributed by atoms with Crippen LogP contribution in [0.1, 0.15) is 36.8 Å². The van der Waals surface area contributed by atoms with Crippen LogP contribution in [0, 0.1) is 12.8 Å². The van der Waals surface area contributed by atoms with Crippen molar-refractivity contribution in [3.63, 3.8) is 0 Å². The smallest absolute Gasteiger partial charge is 0.125 e. The molecule has 0 aromatic carbocycles. The van der Waals surface area contributed by atoms with Crippen molar-refractivity contribution in [2.24, 2.45) is 5.92 Å². The summed E-state index contributed by atoms with van der Waals surface area (Å²) in [5.41, 5.74) is 2.40. The Morgan fingerprint density at radius 3 is 2.73 bits per heavy atom. The Hall–Kier alpha value is -1.04. The van der Waals surface area contributed by atoms with Gasteiger partial charge in [-0.15, -0.1) is 0 Å². The van der Waals surface area contributed by atoms with Crippen LogP contribution in [-0.2, 0) is 13.0 Å². The first kappa shape index (κ1) is 15.8. The van der Waals surface area contributed by atoms with Crippen LogP contribution in [0.4, 0.5) is 0 Å². The fourth-order valence-corrected chi connectivity index (χ4v) is 3.51. The number of aromatic nitrogens is 2. The molecule has 3 rings (SSSR count). The molecule has 0 saturated carbocycles. The van der Waals surface area contributed by atoms with Crippen molar-refractivity contribution in [3.05, 3.63) is 23.3 Å². The lowest BCUT2D eigenvalue weighted by molar-refractivity contribution is 0.0571. The third kappa shape index (κ3) is 4.03. The number of aryl methyl sites for hydroxylation is 1. The lowest BCUT2D eigenvalue weighted by Gasteiger charge is -2.34. The van der Waals surface area contributed by atoms with Gasteiger partial charge in [0, 0.05) is 32.4 Å². The summed E-state index contributed by atoms with van der Waals surface area (Å²) in [6.45, 7) is 9.91. The van der Waals surface area contributed by atoms with Gasteiger partial charge in [-0.1, -0.05) is 6.92 Å². The van der Waals surface area contributed by atoms with Crippen LogP contribution in [-0.4, -0.2) is 63.7 Å². The number of aliphatic hydroxyl groups is 1. The van der Waals surface area contributed by atoms with Crippen LogP contribution >= 0.6 is 0 Å². The van der Waals surface area contributed by atoms with Crippen LogP contribution < -0.4 is 0 Å². The average Bonchev–Trinajstić information content (AvgIpc) is 2.49. The largest absolute Gasteiger partial charge is 0.390 e. The molecular weight excluding hydrogens is 276 g/mol. The van der Waals surface area contributed by atoms with E-state index in [1.54, 1.807) is 0 Å². The van der Waals surface area contributed by atoms with Gasteiger partial charge in [-0.2, -0.15) is 0 Å². The third-order valence-electron chi connectivity index (χ3n) is 4.96. The fourth-order valence-electron chi connectivity index (χ4n) is 3.51. The number of fused-ring (bicyclic) bond motifs is 1. The molecule has 0 spiro atoms. The summed E-state index contributed by atoms with van der Waals surface area (Å²) in [5, 5.41) is 10.4. The number of piperidine rings is 1. The predicted octanol–water partition coefficient (Wildman–Crippen LogP) is 1.24. The van der Waals surface area contributed by atoms with Gasteiger partial charge in [0.25, 0.3) is 0 Å². The molecular formula is C17H28N4O. The Balaban J connectivity index is 1.49. The highest BCUT2D eigenvalue weighted by Gasteiger charge is 2.23. The van der Waals surface area contributed by atoms with Gasteiger partial charge in [0.2, 0.25) is 0 Å². The lowest BCUT2D eigenvalue weighted by Crippen LogP contribution is -2.44. The summed E-state index contributed by atoms with van der Waals surface area (Å²) in [7, 11) is 0. The minimum atomic E-state index is -0.266. The highest BCUT2D eigenvalue weighted by molar-refractivity contribution is 5.20. The lowest BCUT2D eigenvalue weighted by atomic mass is 9.99. The zero-order chi connectivity index (χ0) is 15.5. The van der Waals surface area contributed by atoms with E-state index < -0.39 is 0 Å². The molecule has 0 bridgehead atoms. The fraction of sp³-hybridized carbons (Fsp3) is 0.765. The van der Waals surface area contributed by atoms with Crippen LogP contribution in [0.5, 0.6) is 0 Å². The van der Waals surface area contributed by atoms with E-state index in [0.717, 1.165) is 63.1 Å². The highest BCUT2D eigenvalue weighted by Crippen LogP contribution is 2.18. The Kier molecular flexibility index (Phi) is 5.06. The first-order valence-electron chi connectivity index (χ1n) is 8.54. The highest BCUT2D eigenvalue weighted by atomic mass is 16.3. The molecule has 5 heteroatoms. The van der Waals surface area contributed by atoms with E-state index >= 15 is 0 Å². The molecule has 0 amide bonds. The molecule has 22 heavy (non-hydrogen) atoms. The molecule has 1 aromatic rings. The van der Waals surface area contributed by atoms with Crippen LogP contribution in [0.15, 0.2) is 6.20 Å². The molecule has 1 saturated heterocycles. The van der Waals surface area contributed by atoms with Crippen molar-refractivity contribution in [1.29, 1.82) is 0 Å². The van der Waals surface area contributed by atoms with Gasteiger partial charge in [0.05, 0.1) is 11.8 Å². The zero-order valence-electron chi connectivity index (χ0n) is 13.8. The van der Waals surface area contributed by atoms with Crippen molar-refractivity contribution in [2.75, 3.05) is 32.7 Å². The van der Waals surface area contributed by atoms with Crippen molar-refractivity contribution in [3.8, 4) is 0 Å². The molecule has 0 radical (unpaired) electrons. The number of hydrogen-bond acceptors (Lipinski definition) is 5. The minimum absolute atomic E-state index is 0.266. The van der Waals surface area contributed by atoms with Crippen molar-refractivity contribution < 1.29 is 5.11 Å². The monoisotopic (exact) mass is 304 g/mol. The van der Waals surface area contributed by atoms with Crippen LogP contribution in [0.2, 0.25) is 0 Å². The summed E-state index contributed by atoms with van der Waals surface area (Å²) in [6.07, 6.45) is 5.21. The van der Waals surface area contributed by atoms with E-state index in [2.05, 4.69) is 26.7 Å². The molecule has 3 heterocycles. The van der Waals surface area contributed by atoms with Gasteiger partial charge in [-0.05, 0) is 50.8 Å². The Morgan fingerprint density at radius 2 is 1.95 bits per heavy atom. The number of β-amino-alcohol motifs (C(OH)–C–C–N with tert-alkyl or cyclic N) is 1. The Bertz CT molecular complexity index is 499. The molecule has 1 atom stereocenters. The van der Waals surface area contributed by atoms with Crippen LogP contribution in [0.25, 0.3) is 0 Å². The van der Waals surface area contributed by atoms with Crippen LogP contribution in [0.3, 0.4) is 0 Å². The van der Waals surface area contributed by atoms with Gasteiger partial charge in [-0.25, -0.2) is 9.97 Å². The van der Waals surface area contributed by atoms with E-state index in [0.29, 0.717) is 0 Å². The molecule has 1 unspecified atom stereocenters. The molecule has 2 aliphatic rings. The molecule has 1 fully saturated rings. The third-order valence-corrected chi connectivity index (χ3v) is 4.96. The number of aliphatic hydroxyl groups excluding tert-OH is 1. The predicted molar refractivity (Wildman–Crippen MR) is 86.6 cm³/mol. The first-order chi connectivity index (χ1) is 10.6. The second-order valence-electron chi connectivity index (χ2n) is 7.01. The topological polar surface area (TPSA) is 52.5 Å². The maximum Gasteiger partial charge on any atom is 0.125 e. The van der Waals surface area contributed by atoms with E-state index in [9.17, 15) is 5.11 Å². The second-order valence-corrected chi connectivity index (χ2v) is 7.01. The van der Waals surface area contributed by atoms with Crippen molar-refractivity contribution >= 4 is 0 Å². The molecule has 5 nitrogen and oxygen atoms in total. The number of nitrogens with zero attached hydrogens (tertiary/aromatic N) is 4. The number of hydrogen-bond donors (Lipinski definition) is 1. The van der Waals surface area contributed by atoms with Gasteiger partial charge < -0.3 is 10.0 Å². The van der Waals surface area contributed by atoms with Gasteiger partial charge in [0.15, 0.2) is 0 Å². The molecule has 122 valence electrons. The second kappa shape index (κ2) is 7.02. The van der Waals surface area contributed by atoms with E-state index in [4.69, 9.17) is 0 Å². The Morgan fingerprint density at radius 1 is 1.23 bits per heavy atom. The van der Waals surface area contributed by atoms with Gasteiger partial charge in [0.1, 0.15) is 5.82 Å². The van der Waals surface area contributed by atoms with Gasteiger partial charge >= 0.3 is 0 Å². The summed E-state index contributed by atoms with van der Waals surface area (Å²) in [6, 6.07) is 0. The summed E-state index contributed by atoms with van der Waals surface area (Å²) >= 11 is 0. The summed E-state index contributed by atoms with van der Waals surface area (Å²) in [4.78, 5) is 13.6. The van der Waals surface area contributed by atoms with Gasteiger partial charge in [-0.3, -0.25) is 4.90 Å². The summed E-state index contributed by atoms with van der Waals surface area (Å²) in [5.74, 6) is 1.68. The summed E-state index contributed by atoms with van der Waals surface area (Å²) < 4.78 is 0. The zero-order valence-corrected chi connectivity index (χ0v) is 13.8. The molecule has 1 aromatic heterocycles. The molecule has 0 aliphatic carbocycles. The molecule has 1 N–H and O–H groups in total. The van der Waals surface area contributed by atoms with Crippen molar-refractivity contribution in [1.82, 2.24) is 19.8 Å². The normalized spacial score (nSPS) is 22.5. The molecule has 2 aliphatic heterocycles. The van der Waals surface area contributed by atoms with Crippen molar-refractivity contribution in [2.45, 2.75) is 45.8 Å². The standard InChI is InChI=1S/C17H28N4O/c1-13-3-6-20(7-4-13)10-16(22)11-21-8-5-15-9-18-14(2)19-17(15)12-21/h9,13,16,22H,3-8,10-12H2,1-2H3. The number of rotatable bonds is 4. The average molecular weight is 304 g/mol. The minimum Gasteiger partial charge on any atom is -0.390 e.